The van der Waals surface area contributed by atoms with Gasteiger partial charge >= 0.3 is 6.09 Å². The van der Waals surface area contributed by atoms with Crippen LogP contribution in [0, 0.1) is 12.8 Å². The number of hydrogen-bond acceptors (Lipinski definition) is 5. The maximum Gasteiger partial charge on any atom is 0.408 e. The van der Waals surface area contributed by atoms with Gasteiger partial charge in [-0.15, -0.1) is 0 Å². The minimum absolute atomic E-state index is 0.0508. The summed E-state index contributed by atoms with van der Waals surface area (Å²) >= 11 is 0. The number of phenols is 1. The van der Waals surface area contributed by atoms with Gasteiger partial charge in [0.2, 0.25) is 5.91 Å². The van der Waals surface area contributed by atoms with Crippen LogP contribution < -0.4 is 10.6 Å². The number of para-hydroxylation sites is 1. The van der Waals surface area contributed by atoms with Gasteiger partial charge in [0.15, 0.2) is 0 Å². The highest BCUT2D eigenvalue weighted by atomic mass is 16.6. The van der Waals surface area contributed by atoms with Crippen molar-refractivity contribution in [1.82, 2.24) is 10.2 Å². The number of alkyl carbamates (subject to hydrolysis) is 1. The van der Waals surface area contributed by atoms with Crippen LogP contribution in [0.15, 0.2) is 48.5 Å². The molecule has 0 saturated carbocycles. The lowest BCUT2D eigenvalue weighted by Gasteiger charge is -2.39. The van der Waals surface area contributed by atoms with Crippen LogP contribution in [0.5, 0.6) is 5.75 Å². The summed E-state index contributed by atoms with van der Waals surface area (Å²) in [5, 5.41) is 15.6. The molecule has 2 rings (SSSR count). The van der Waals surface area contributed by atoms with E-state index in [1.807, 2.05) is 52.8 Å². The molecule has 3 atom stereocenters. The Hall–Kier alpha value is -3.55. The monoisotopic (exact) mass is 511 g/mol. The van der Waals surface area contributed by atoms with Crippen molar-refractivity contribution in [3.8, 4) is 5.75 Å². The average Bonchev–Trinajstić information content (AvgIpc) is 2.81. The molecule has 3 amide bonds. The highest BCUT2D eigenvalue weighted by molar-refractivity contribution is 5.99. The molecule has 0 aromatic heterocycles. The molecule has 0 radical (unpaired) electrons. The SMILES string of the molecule is CCC(C)N(C(=O)C(NC(=O)OC(C)(C)C)C(C)C)C(C(=O)Nc1ccccc1C)c1ccc(O)cc1. The molecule has 0 bridgehead atoms. The van der Waals surface area contributed by atoms with Crippen LogP contribution in [-0.4, -0.2) is 45.6 Å². The Labute approximate surface area is 220 Å². The number of rotatable bonds is 9. The first-order chi connectivity index (χ1) is 17.2. The number of anilines is 1. The summed E-state index contributed by atoms with van der Waals surface area (Å²) in [4.78, 5) is 42.1. The Balaban J connectivity index is 2.55. The quantitative estimate of drug-likeness (QED) is 0.409. The zero-order valence-corrected chi connectivity index (χ0v) is 23.2. The van der Waals surface area contributed by atoms with Crippen molar-refractivity contribution in [3.05, 3.63) is 59.7 Å². The standard InChI is InChI=1S/C29H41N3O5/c1-9-20(5)32(27(35)24(18(2)3)31-28(36)37-29(6,7)8)25(21-14-16-22(33)17-15-21)26(34)30-23-13-11-10-12-19(23)4/h10-18,20,24-25,33H,9H2,1-8H3,(H,30,34)(H,31,36). The van der Waals surface area contributed by atoms with Crippen LogP contribution in [0.2, 0.25) is 0 Å². The van der Waals surface area contributed by atoms with E-state index in [0.717, 1.165) is 5.56 Å². The number of amides is 3. The third kappa shape index (κ3) is 8.23. The smallest absolute Gasteiger partial charge is 0.408 e. The van der Waals surface area contributed by atoms with Crippen LogP contribution in [0.1, 0.15) is 72.1 Å². The van der Waals surface area contributed by atoms with Gasteiger partial charge in [-0.1, -0.05) is 51.1 Å². The van der Waals surface area contributed by atoms with Gasteiger partial charge in [-0.05, 0) is 76.3 Å². The summed E-state index contributed by atoms with van der Waals surface area (Å²) in [7, 11) is 0. The number of benzene rings is 2. The summed E-state index contributed by atoms with van der Waals surface area (Å²) < 4.78 is 5.41. The summed E-state index contributed by atoms with van der Waals surface area (Å²) in [5.74, 6) is -1.01. The maximum atomic E-state index is 14.1. The molecule has 2 aromatic carbocycles. The predicted octanol–water partition coefficient (Wildman–Crippen LogP) is 5.56. The molecule has 2 aromatic rings. The zero-order valence-electron chi connectivity index (χ0n) is 23.2. The Morgan fingerprint density at radius 1 is 1.00 bits per heavy atom. The highest BCUT2D eigenvalue weighted by Crippen LogP contribution is 2.30. The van der Waals surface area contributed by atoms with E-state index in [0.29, 0.717) is 17.7 Å². The molecule has 8 heteroatoms. The number of carbonyl (C=O) groups excluding carboxylic acids is 3. The van der Waals surface area contributed by atoms with Crippen LogP contribution in [0.4, 0.5) is 10.5 Å². The zero-order chi connectivity index (χ0) is 27.9. The summed E-state index contributed by atoms with van der Waals surface area (Å²) in [6, 6.07) is 11.4. The van der Waals surface area contributed by atoms with Gasteiger partial charge in [-0.2, -0.15) is 0 Å². The van der Waals surface area contributed by atoms with Gasteiger partial charge in [0, 0.05) is 11.7 Å². The van der Waals surface area contributed by atoms with Gasteiger partial charge in [0.1, 0.15) is 23.4 Å². The van der Waals surface area contributed by atoms with Gasteiger partial charge < -0.3 is 25.4 Å². The Morgan fingerprint density at radius 2 is 1.59 bits per heavy atom. The molecular formula is C29H41N3O5. The van der Waals surface area contributed by atoms with E-state index in [9.17, 15) is 19.5 Å². The number of hydrogen-bond donors (Lipinski definition) is 3. The van der Waals surface area contributed by atoms with Crippen LogP contribution in [0.25, 0.3) is 0 Å². The Morgan fingerprint density at radius 3 is 2.11 bits per heavy atom. The molecular weight excluding hydrogens is 470 g/mol. The highest BCUT2D eigenvalue weighted by Gasteiger charge is 2.39. The molecule has 0 fully saturated rings. The second kappa shape index (κ2) is 12.6. The van der Waals surface area contributed by atoms with Gasteiger partial charge in [0.05, 0.1) is 0 Å². The summed E-state index contributed by atoms with van der Waals surface area (Å²) in [6.45, 7) is 14.6. The Bertz CT molecular complexity index is 1080. The largest absolute Gasteiger partial charge is 0.508 e. The third-order valence-corrected chi connectivity index (χ3v) is 6.06. The van der Waals surface area contributed by atoms with E-state index in [1.165, 1.54) is 17.0 Å². The minimum atomic E-state index is -1.01. The predicted molar refractivity (Wildman–Crippen MR) is 145 cm³/mol. The fourth-order valence-corrected chi connectivity index (χ4v) is 3.91. The second-order valence-corrected chi connectivity index (χ2v) is 10.7. The molecule has 0 heterocycles. The molecule has 0 aliphatic carbocycles. The molecule has 8 nitrogen and oxygen atoms in total. The van der Waals surface area contributed by atoms with Gasteiger partial charge in [-0.25, -0.2) is 4.79 Å². The number of aryl methyl sites for hydroxylation is 1. The third-order valence-electron chi connectivity index (χ3n) is 6.06. The van der Waals surface area contributed by atoms with E-state index in [1.54, 1.807) is 39.0 Å². The molecule has 202 valence electrons. The summed E-state index contributed by atoms with van der Waals surface area (Å²) in [6.07, 6.45) is -0.121. The van der Waals surface area contributed by atoms with E-state index in [-0.39, 0.29) is 17.7 Å². The first kappa shape index (κ1) is 29.7. The molecule has 0 spiro atoms. The van der Waals surface area contributed by atoms with Crippen molar-refractivity contribution in [3.63, 3.8) is 0 Å². The molecule has 3 N–H and O–H groups in total. The van der Waals surface area contributed by atoms with Crippen LogP contribution in [0.3, 0.4) is 0 Å². The van der Waals surface area contributed by atoms with Gasteiger partial charge in [0.25, 0.3) is 5.91 Å². The molecule has 0 aliphatic rings. The van der Waals surface area contributed by atoms with Crippen molar-refractivity contribution in [2.24, 2.45) is 5.92 Å². The van der Waals surface area contributed by atoms with Crippen molar-refractivity contribution < 1.29 is 24.2 Å². The van der Waals surface area contributed by atoms with E-state index >= 15 is 0 Å². The summed E-state index contributed by atoms with van der Waals surface area (Å²) in [5.41, 5.74) is 1.33. The van der Waals surface area contributed by atoms with E-state index in [4.69, 9.17) is 4.74 Å². The number of phenolic OH excluding ortho intramolecular Hbond substituents is 1. The lowest BCUT2D eigenvalue weighted by molar-refractivity contribution is -0.144. The van der Waals surface area contributed by atoms with Crippen molar-refractivity contribution in [2.75, 3.05) is 5.32 Å². The van der Waals surface area contributed by atoms with E-state index in [2.05, 4.69) is 10.6 Å². The van der Waals surface area contributed by atoms with Crippen molar-refractivity contribution >= 4 is 23.6 Å². The number of nitrogens with zero attached hydrogens (tertiary/aromatic N) is 1. The van der Waals surface area contributed by atoms with Crippen LogP contribution >= 0.6 is 0 Å². The first-order valence-corrected chi connectivity index (χ1v) is 12.7. The lowest BCUT2D eigenvalue weighted by atomic mass is 9.96. The molecule has 3 unspecified atom stereocenters. The number of ether oxygens (including phenoxy) is 1. The molecule has 37 heavy (non-hydrogen) atoms. The number of nitrogens with one attached hydrogen (secondary N) is 2. The average molecular weight is 512 g/mol. The minimum Gasteiger partial charge on any atom is -0.508 e. The van der Waals surface area contributed by atoms with Crippen molar-refractivity contribution in [2.45, 2.75) is 85.5 Å². The van der Waals surface area contributed by atoms with E-state index < -0.39 is 35.6 Å². The number of aromatic hydroxyl groups is 1. The topological polar surface area (TPSA) is 108 Å². The van der Waals surface area contributed by atoms with Gasteiger partial charge in [-0.3, -0.25) is 9.59 Å². The van der Waals surface area contributed by atoms with Crippen molar-refractivity contribution in [1.29, 1.82) is 0 Å². The second-order valence-electron chi connectivity index (χ2n) is 10.7. The van der Waals surface area contributed by atoms with Crippen LogP contribution in [-0.2, 0) is 14.3 Å². The Kier molecular flexibility index (Phi) is 10.1. The first-order valence-electron chi connectivity index (χ1n) is 12.7. The lowest BCUT2D eigenvalue weighted by Crippen LogP contribution is -2.56. The fourth-order valence-electron chi connectivity index (χ4n) is 3.91. The molecule has 0 saturated heterocycles. The maximum absolute atomic E-state index is 14.1. The molecule has 0 aliphatic heterocycles. The number of carbonyl (C=O) groups is 3. The fraction of sp³-hybridized carbons (Fsp3) is 0.483. The normalized spacial score (nSPS) is 13.9.